The van der Waals surface area contributed by atoms with Gasteiger partial charge in [-0.25, -0.2) is 4.98 Å². The zero-order valence-corrected chi connectivity index (χ0v) is 15.7. The second kappa shape index (κ2) is 6.02. The molecule has 1 fully saturated rings. The van der Waals surface area contributed by atoms with Gasteiger partial charge in [0.25, 0.3) is 0 Å². The van der Waals surface area contributed by atoms with Crippen molar-refractivity contribution in [1.29, 1.82) is 0 Å². The van der Waals surface area contributed by atoms with Crippen LogP contribution in [0.25, 0.3) is 21.9 Å². The minimum Gasteiger partial charge on any atom is -0.327 e. The second-order valence-electron chi connectivity index (χ2n) is 6.73. The van der Waals surface area contributed by atoms with Crippen molar-refractivity contribution in [1.82, 2.24) is 19.4 Å². The third kappa shape index (κ3) is 2.74. The molecule has 2 aromatic heterocycles. The summed E-state index contributed by atoms with van der Waals surface area (Å²) in [6.07, 6.45) is 8.90. The molecule has 5 heteroatoms. The summed E-state index contributed by atoms with van der Waals surface area (Å²) >= 11 is 2.37. The highest BCUT2D eigenvalue weighted by Gasteiger charge is 2.25. The molecule has 1 aliphatic carbocycles. The number of hydrogen-bond acceptors (Lipinski definition) is 3. The van der Waals surface area contributed by atoms with Crippen LogP contribution in [-0.2, 0) is 0 Å². The average molecular weight is 420 g/mol. The fourth-order valence-electron chi connectivity index (χ4n) is 3.82. The molecule has 4 rings (SSSR count). The average Bonchev–Trinajstić information content (AvgIpc) is 2.99. The number of rotatable bonds is 2. The minimum atomic E-state index is 0.555. The Balaban J connectivity index is 1.77. The lowest BCUT2D eigenvalue weighted by Gasteiger charge is -2.33. The van der Waals surface area contributed by atoms with E-state index in [0.717, 1.165) is 17.1 Å². The van der Waals surface area contributed by atoms with Gasteiger partial charge in [0, 0.05) is 21.0 Å². The predicted molar refractivity (Wildman–Crippen MR) is 103 cm³/mol. The van der Waals surface area contributed by atoms with Gasteiger partial charge < -0.3 is 9.47 Å². The highest BCUT2D eigenvalue weighted by atomic mass is 127. The SMILES string of the molecule is CN(C)C1CCC(n2cnc3cnc4ccc(I)cc4c32)CC1. The van der Waals surface area contributed by atoms with Gasteiger partial charge in [-0.15, -0.1) is 0 Å². The van der Waals surface area contributed by atoms with Gasteiger partial charge in [-0.05, 0) is 80.6 Å². The molecule has 1 saturated carbocycles. The van der Waals surface area contributed by atoms with E-state index in [2.05, 4.69) is 74.3 Å². The van der Waals surface area contributed by atoms with Crippen molar-refractivity contribution in [2.75, 3.05) is 14.1 Å². The zero-order valence-electron chi connectivity index (χ0n) is 13.5. The molecule has 0 radical (unpaired) electrons. The molecule has 0 N–H and O–H groups in total. The van der Waals surface area contributed by atoms with Crippen LogP contribution in [-0.4, -0.2) is 39.6 Å². The summed E-state index contributed by atoms with van der Waals surface area (Å²) in [7, 11) is 4.39. The van der Waals surface area contributed by atoms with Crippen molar-refractivity contribution >= 4 is 44.5 Å². The molecule has 1 aromatic carbocycles. The molecule has 0 atom stereocenters. The molecule has 0 amide bonds. The Bertz CT molecular complexity index is 847. The first-order chi connectivity index (χ1) is 11.1. The third-order valence-electron chi connectivity index (χ3n) is 5.15. The van der Waals surface area contributed by atoms with Gasteiger partial charge in [-0.2, -0.15) is 0 Å². The Kier molecular flexibility index (Phi) is 4.01. The van der Waals surface area contributed by atoms with E-state index in [1.54, 1.807) is 0 Å². The van der Waals surface area contributed by atoms with Gasteiger partial charge in [-0.3, -0.25) is 4.98 Å². The molecular weight excluding hydrogens is 399 g/mol. The van der Waals surface area contributed by atoms with E-state index < -0.39 is 0 Å². The first-order valence-corrected chi connectivity index (χ1v) is 9.28. The van der Waals surface area contributed by atoms with Crippen molar-refractivity contribution in [3.63, 3.8) is 0 Å². The Morgan fingerprint density at radius 3 is 2.61 bits per heavy atom. The molecule has 0 bridgehead atoms. The van der Waals surface area contributed by atoms with Crippen molar-refractivity contribution in [3.05, 3.63) is 34.3 Å². The summed E-state index contributed by atoms with van der Waals surface area (Å²) in [5.74, 6) is 0. The smallest absolute Gasteiger partial charge is 0.107 e. The molecule has 0 spiro atoms. The van der Waals surface area contributed by atoms with Crippen molar-refractivity contribution < 1.29 is 0 Å². The monoisotopic (exact) mass is 420 g/mol. The quantitative estimate of drug-likeness (QED) is 0.582. The maximum absolute atomic E-state index is 4.62. The molecule has 0 saturated heterocycles. The largest absolute Gasteiger partial charge is 0.327 e. The van der Waals surface area contributed by atoms with Gasteiger partial charge in [0.2, 0.25) is 0 Å². The first-order valence-electron chi connectivity index (χ1n) is 8.20. The Morgan fingerprint density at radius 1 is 1.09 bits per heavy atom. The molecule has 120 valence electrons. The summed E-state index contributed by atoms with van der Waals surface area (Å²) in [5.41, 5.74) is 3.32. The van der Waals surface area contributed by atoms with E-state index in [1.807, 2.05) is 12.5 Å². The zero-order chi connectivity index (χ0) is 16.0. The molecule has 0 aliphatic heterocycles. The molecule has 2 heterocycles. The number of pyridine rings is 1. The lowest BCUT2D eigenvalue weighted by Crippen LogP contribution is -2.32. The van der Waals surface area contributed by atoms with Gasteiger partial charge in [0.15, 0.2) is 0 Å². The Labute approximate surface area is 150 Å². The van der Waals surface area contributed by atoms with Crippen LogP contribution in [0.1, 0.15) is 31.7 Å². The second-order valence-corrected chi connectivity index (χ2v) is 7.98. The maximum Gasteiger partial charge on any atom is 0.107 e. The van der Waals surface area contributed by atoms with Gasteiger partial charge >= 0.3 is 0 Å². The van der Waals surface area contributed by atoms with Crippen LogP contribution in [0.4, 0.5) is 0 Å². The predicted octanol–water partition coefficient (Wildman–Crippen LogP) is 4.23. The highest BCUT2D eigenvalue weighted by molar-refractivity contribution is 14.1. The molecular formula is C18H21IN4. The lowest BCUT2D eigenvalue weighted by atomic mass is 9.90. The van der Waals surface area contributed by atoms with Crippen molar-refractivity contribution in [3.8, 4) is 0 Å². The highest BCUT2D eigenvalue weighted by Crippen LogP contribution is 2.34. The fraction of sp³-hybridized carbons (Fsp3) is 0.444. The summed E-state index contributed by atoms with van der Waals surface area (Å²) in [6, 6.07) is 7.73. The maximum atomic E-state index is 4.62. The van der Waals surface area contributed by atoms with E-state index in [9.17, 15) is 0 Å². The van der Waals surface area contributed by atoms with E-state index in [4.69, 9.17) is 0 Å². The van der Waals surface area contributed by atoms with E-state index in [0.29, 0.717) is 6.04 Å². The summed E-state index contributed by atoms with van der Waals surface area (Å²) in [6.45, 7) is 0. The van der Waals surface area contributed by atoms with Crippen LogP contribution in [0.15, 0.2) is 30.7 Å². The van der Waals surface area contributed by atoms with E-state index >= 15 is 0 Å². The Hall–Kier alpha value is -1.21. The number of benzene rings is 1. The molecule has 1 aliphatic rings. The third-order valence-corrected chi connectivity index (χ3v) is 5.82. The summed E-state index contributed by atoms with van der Waals surface area (Å²) < 4.78 is 3.65. The number of nitrogens with zero attached hydrogens (tertiary/aromatic N) is 4. The molecule has 3 aromatic rings. The van der Waals surface area contributed by atoms with Gasteiger partial charge in [0.05, 0.1) is 23.6 Å². The minimum absolute atomic E-state index is 0.555. The fourth-order valence-corrected chi connectivity index (χ4v) is 4.31. The molecule has 4 nitrogen and oxygen atoms in total. The number of fused-ring (bicyclic) bond motifs is 3. The van der Waals surface area contributed by atoms with E-state index in [1.165, 1.54) is 40.2 Å². The van der Waals surface area contributed by atoms with Gasteiger partial charge in [-0.1, -0.05) is 0 Å². The van der Waals surface area contributed by atoms with Crippen LogP contribution in [0.3, 0.4) is 0 Å². The van der Waals surface area contributed by atoms with Crippen LogP contribution >= 0.6 is 22.6 Å². The van der Waals surface area contributed by atoms with Crippen LogP contribution < -0.4 is 0 Å². The normalized spacial score (nSPS) is 22.3. The Morgan fingerprint density at radius 2 is 1.87 bits per heavy atom. The number of hydrogen-bond donors (Lipinski definition) is 0. The summed E-state index contributed by atoms with van der Waals surface area (Å²) in [4.78, 5) is 11.5. The molecule has 0 unspecified atom stereocenters. The standard InChI is InChI=1S/C18H21IN4/c1-22(2)13-4-6-14(7-5-13)23-11-21-17-10-20-16-8-3-12(19)9-15(16)18(17)23/h3,8-11,13-14H,4-7H2,1-2H3. The summed E-state index contributed by atoms with van der Waals surface area (Å²) in [5, 5.41) is 1.22. The van der Waals surface area contributed by atoms with Gasteiger partial charge in [0.1, 0.15) is 5.52 Å². The van der Waals surface area contributed by atoms with Crippen LogP contribution in [0.2, 0.25) is 0 Å². The number of halogens is 1. The molecule has 23 heavy (non-hydrogen) atoms. The lowest BCUT2D eigenvalue weighted by molar-refractivity contribution is 0.197. The van der Waals surface area contributed by atoms with Crippen LogP contribution in [0, 0.1) is 3.57 Å². The van der Waals surface area contributed by atoms with E-state index in [-0.39, 0.29) is 0 Å². The van der Waals surface area contributed by atoms with Crippen LogP contribution in [0.5, 0.6) is 0 Å². The van der Waals surface area contributed by atoms with Crippen molar-refractivity contribution in [2.24, 2.45) is 0 Å². The van der Waals surface area contributed by atoms with Crippen molar-refractivity contribution in [2.45, 2.75) is 37.8 Å². The number of imidazole rings is 1. The first kappa shape index (κ1) is 15.3. The topological polar surface area (TPSA) is 34.0 Å². The number of aromatic nitrogens is 3.